The second kappa shape index (κ2) is 7.77. The van der Waals surface area contributed by atoms with Crippen LogP contribution in [0.5, 0.6) is 11.5 Å². The standard InChI is InChI=1S/C18H25N3O3/c1-4-23-16-9-14-11-19-18(12-21-5-7-22-8-6-21)20-15(14)10-17(16)24-13(2)3/h9-11,13H,4-8,12H2,1-3H3. The van der Waals surface area contributed by atoms with Crippen LogP contribution in [0.2, 0.25) is 0 Å². The van der Waals surface area contributed by atoms with E-state index in [1.54, 1.807) is 0 Å². The minimum atomic E-state index is 0.0799. The largest absolute Gasteiger partial charge is 0.490 e. The minimum absolute atomic E-state index is 0.0799. The van der Waals surface area contributed by atoms with Gasteiger partial charge in [-0.15, -0.1) is 0 Å². The molecule has 0 saturated carbocycles. The van der Waals surface area contributed by atoms with Crippen LogP contribution in [0.4, 0.5) is 0 Å². The third-order valence-electron chi connectivity index (χ3n) is 3.83. The lowest BCUT2D eigenvalue weighted by molar-refractivity contribution is 0.0331. The van der Waals surface area contributed by atoms with E-state index < -0.39 is 0 Å². The number of ether oxygens (including phenoxy) is 3. The van der Waals surface area contributed by atoms with E-state index in [0.29, 0.717) is 6.61 Å². The van der Waals surface area contributed by atoms with Gasteiger partial charge in [0.05, 0.1) is 38.0 Å². The molecule has 0 bridgehead atoms. The molecule has 1 aromatic heterocycles. The normalized spacial score (nSPS) is 15.8. The Hall–Kier alpha value is -1.92. The van der Waals surface area contributed by atoms with Crippen LogP contribution in [0.3, 0.4) is 0 Å². The van der Waals surface area contributed by atoms with Crippen molar-refractivity contribution in [3.05, 3.63) is 24.2 Å². The van der Waals surface area contributed by atoms with Crippen LogP contribution in [-0.2, 0) is 11.3 Å². The van der Waals surface area contributed by atoms with E-state index in [-0.39, 0.29) is 6.10 Å². The lowest BCUT2D eigenvalue weighted by Crippen LogP contribution is -2.36. The zero-order valence-corrected chi connectivity index (χ0v) is 14.6. The highest BCUT2D eigenvalue weighted by Gasteiger charge is 2.14. The van der Waals surface area contributed by atoms with Gasteiger partial charge in [-0.3, -0.25) is 4.90 Å². The van der Waals surface area contributed by atoms with Gasteiger partial charge in [-0.25, -0.2) is 9.97 Å². The minimum Gasteiger partial charge on any atom is -0.490 e. The summed E-state index contributed by atoms with van der Waals surface area (Å²) in [6, 6.07) is 3.90. The zero-order chi connectivity index (χ0) is 16.9. The smallest absolute Gasteiger partial charge is 0.163 e. The summed E-state index contributed by atoms with van der Waals surface area (Å²) in [6.07, 6.45) is 1.94. The number of morpholine rings is 1. The molecule has 0 atom stereocenters. The fourth-order valence-electron chi connectivity index (χ4n) is 2.73. The van der Waals surface area contributed by atoms with Gasteiger partial charge in [-0.05, 0) is 26.8 Å². The first kappa shape index (κ1) is 16.9. The average Bonchev–Trinajstić information content (AvgIpc) is 2.56. The van der Waals surface area contributed by atoms with Crippen molar-refractivity contribution in [2.24, 2.45) is 0 Å². The van der Waals surface area contributed by atoms with Crippen LogP contribution in [0.1, 0.15) is 26.6 Å². The Balaban J connectivity index is 1.88. The molecule has 1 aliphatic heterocycles. The summed E-state index contributed by atoms with van der Waals surface area (Å²) in [6.45, 7) is 10.7. The zero-order valence-electron chi connectivity index (χ0n) is 14.6. The first-order valence-electron chi connectivity index (χ1n) is 8.55. The highest BCUT2D eigenvalue weighted by Crippen LogP contribution is 2.32. The summed E-state index contributed by atoms with van der Waals surface area (Å²) in [5, 5.41) is 0.959. The number of hydrogen-bond donors (Lipinski definition) is 0. The molecule has 1 aliphatic rings. The van der Waals surface area contributed by atoms with Crippen molar-refractivity contribution in [2.45, 2.75) is 33.4 Å². The monoisotopic (exact) mass is 331 g/mol. The highest BCUT2D eigenvalue weighted by atomic mass is 16.5. The first-order chi connectivity index (χ1) is 11.7. The van der Waals surface area contributed by atoms with E-state index in [9.17, 15) is 0 Å². The molecule has 0 unspecified atom stereocenters. The maximum Gasteiger partial charge on any atom is 0.163 e. The maximum atomic E-state index is 5.88. The lowest BCUT2D eigenvalue weighted by Gasteiger charge is -2.25. The van der Waals surface area contributed by atoms with E-state index in [4.69, 9.17) is 19.2 Å². The van der Waals surface area contributed by atoms with Gasteiger partial charge in [0.1, 0.15) is 5.82 Å². The molecule has 1 fully saturated rings. The van der Waals surface area contributed by atoms with E-state index in [1.807, 2.05) is 39.1 Å². The van der Waals surface area contributed by atoms with Crippen molar-refractivity contribution in [3.63, 3.8) is 0 Å². The van der Waals surface area contributed by atoms with Crippen molar-refractivity contribution in [3.8, 4) is 11.5 Å². The molecule has 130 valence electrons. The lowest BCUT2D eigenvalue weighted by atomic mass is 10.2. The Morgan fingerprint density at radius 3 is 2.71 bits per heavy atom. The van der Waals surface area contributed by atoms with E-state index in [1.165, 1.54) is 0 Å². The molecular weight excluding hydrogens is 306 g/mol. The molecule has 2 aromatic rings. The third-order valence-corrected chi connectivity index (χ3v) is 3.83. The molecule has 0 N–H and O–H groups in total. The Bertz CT molecular complexity index is 685. The Morgan fingerprint density at radius 2 is 2.00 bits per heavy atom. The summed E-state index contributed by atoms with van der Waals surface area (Å²) < 4.78 is 17.0. The number of hydrogen-bond acceptors (Lipinski definition) is 6. The molecule has 0 radical (unpaired) electrons. The van der Waals surface area contributed by atoms with Crippen molar-refractivity contribution in [1.29, 1.82) is 0 Å². The molecule has 0 amide bonds. The molecule has 24 heavy (non-hydrogen) atoms. The van der Waals surface area contributed by atoms with Crippen LogP contribution in [0.15, 0.2) is 18.3 Å². The SMILES string of the molecule is CCOc1cc2cnc(CN3CCOCC3)nc2cc1OC(C)C. The van der Waals surface area contributed by atoms with E-state index in [2.05, 4.69) is 9.88 Å². The number of aromatic nitrogens is 2. The van der Waals surface area contributed by atoms with Crippen LogP contribution in [0.25, 0.3) is 10.9 Å². The van der Waals surface area contributed by atoms with Crippen LogP contribution in [0, 0.1) is 0 Å². The number of fused-ring (bicyclic) bond motifs is 1. The van der Waals surface area contributed by atoms with Crippen molar-refractivity contribution < 1.29 is 14.2 Å². The molecule has 1 aromatic carbocycles. The Labute approximate surface area is 142 Å². The quantitative estimate of drug-likeness (QED) is 0.811. The second-order valence-electron chi connectivity index (χ2n) is 6.13. The summed E-state index contributed by atoms with van der Waals surface area (Å²) >= 11 is 0. The second-order valence-corrected chi connectivity index (χ2v) is 6.13. The number of nitrogens with zero attached hydrogens (tertiary/aromatic N) is 3. The predicted octanol–water partition coefficient (Wildman–Crippen LogP) is 2.65. The molecular formula is C18H25N3O3. The molecule has 6 heteroatoms. The highest BCUT2D eigenvalue weighted by molar-refractivity contribution is 5.81. The third kappa shape index (κ3) is 4.13. The summed E-state index contributed by atoms with van der Waals surface area (Å²) in [4.78, 5) is 11.5. The Morgan fingerprint density at radius 1 is 1.21 bits per heavy atom. The van der Waals surface area contributed by atoms with Crippen molar-refractivity contribution in [2.75, 3.05) is 32.9 Å². The maximum absolute atomic E-state index is 5.88. The van der Waals surface area contributed by atoms with Gasteiger partial charge in [0, 0.05) is 30.7 Å². The van der Waals surface area contributed by atoms with Gasteiger partial charge in [0.15, 0.2) is 11.5 Å². The fourth-order valence-corrected chi connectivity index (χ4v) is 2.73. The summed E-state index contributed by atoms with van der Waals surface area (Å²) in [7, 11) is 0. The molecule has 1 saturated heterocycles. The fraction of sp³-hybridized carbons (Fsp3) is 0.556. The first-order valence-corrected chi connectivity index (χ1v) is 8.55. The summed E-state index contributed by atoms with van der Waals surface area (Å²) in [5.41, 5.74) is 0.882. The van der Waals surface area contributed by atoms with Gasteiger partial charge in [-0.2, -0.15) is 0 Å². The van der Waals surface area contributed by atoms with Crippen LogP contribution in [-0.4, -0.2) is 53.9 Å². The van der Waals surface area contributed by atoms with E-state index >= 15 is 0 Å². The molecule has 0 spiro atoms. The van der Waals surface area contributed by atoms with Gasteiger partial charge in [-0.1, -0.05) is 0 Å². The molecule has 2 heterocycles. The molecule has 3 rings (SSSR count). The van der Waals surface area contributed by atoms with Crippen molar-refractivity contribution >= 4 is 10.9 Å². The van der Waals surface area contributed by atoms with Gasteiger partial charge in [0.2, 0.25) is 0 Å². The molecule has 0 aliphatic carbocycles. The average molecular weight is 331 g/mol. The molecule has 6 nitrogen and oxygen atoms in total. The number of rotatable bonds is 6. The Kier molecular flexibility index (Phi) is 5.48. The topological polar surface area (TPSA) is 56.7 Å². The van der Waals surface area contributed by atoms with Crippen LogP contribution >= 0.6 is 0 Å². The van der Waals surface area contributed by atoms with Crippen molar-refractivity contribution in [1.82, 2.24) is 14.9 Å². The van der Waals surface area contributed by atoms with Gasteiger partial charge >= 0.3 is 0 Å². The summed E-state index contributed by atoms with van der Waals surface area (Å²) in [5.74, 6) is 2.29. The van der Waals surface area contributed by atoms with Gasteiger partial charge in [0.25, 0.3) is 0 Å². The number of benzene rings is 1. The van der Waals surface area contributed by atoms with Crippen LogP contribution < -0.4 is 9.47 Å². The van der Waals surface area contributed by atoms with Gasteiger partial charge < -0.3 is 14.2 Å². The predicted molar refractivity (Wildman–Crippen MR) is 92.6 cm³/mol. The van der Waals surface area contributed by atoms with E-state index in [0.717, 1.165) is 61.1 Å².